The molecule has 0 spiro atoms. The highest BCUT2D eigenvalue weighted by atomic mass is 16.4. The van der Waals surface area contributed by atoms with Crippen molar-refractivity contribution in [1.82, 2.24) is 16.0 Å². The monoisotopic (exact) mass is 554 g/mol. The van der Waals surface area contributed by atoms with E-state index in [1.807, 2.05) is 30.3 Å². The molecule has 40 heavy (non-hydrogen) atoms. The van der Waals surface area contributed by atoms with Gasteiger partial charge in [-0.2, -0.15) is 0 Å². The molecule has 0 saturated heterocycles. The molecule has 4 amide bonds. The zero-order valence-electron chi connectivity index (χ0n) is 22.3. The Bertz CT molecular complexity index is 1130. The van der Waals surface area contributed by atoms with Gasteiger partial charge in [-0.25, -0.2) is 4.79 Å². The lowest BCUT2D eigenvalue weighted by Crippen LogP contribution is -2.58. The number of rotatable bonds is 17. The fourth-order valence-corrected chi connectivity index (χ4v) is 4.01. The lowest BCUT2D eigenvalue weighted by atomic mass is 10.0. The molecule has 4 atom stereocenters. The van der Waals surface area contributed by atoms with Gasteiger partial charge in [-0.1, -0.05) is 60.7 Å². The molecule has 2 rings (SSSR count). The normalized spacial score (nSPS) is 13.8. The summed E-state index contributed by atoms with van der Waals surface area (Å²) in [6, 6.07) is 13.0. The predicted molar refractivity (Wildman–Crippen MR) is 148 cm³/mol. The van der Waals surface area contributed by atoms with Crippen molar-refractivity contribution >= 4 is 29.6 Å². The number of primary amides is 1. The van der Waals surface area contributed by atoms with E-state index in [1.54, 1.807) is 30.3 Å². The van der Waals surface area contributed by atoms with Crippen molar-refractivity contribution in [2.75, 3.05) is 6.54 Å². The Morgan fingerprint density at radius 1 is 0.700 bits per heavy atom. The number of amides is 4. The predicted octanol–water partition coefficient (Wildman–Crippen LogP) is -0.657. The summed E-state index contributed by atoms with van der Waals surface area (Å²) in [6.45, 7) is 0.375. The number of carbonyl (C=O) groups excluding carboxylic acids is 4. The van der Waals surface area contributed by atoms with E-state index in [4.69, 9.17) is 17.2 Å². The molecule has 0 bridgehead atoms. The standard InChI is InChI=1S/C28H38N6O6/c29-14-8-7-13-21(32-25(36)20(30)15-18-9-3-1-4-10-18)26(37)33-22(17-24(31)35)27(38)34-23(28(39)40)16-19-11-5-2-6-12-19/h1-6,9-12,20-23H,7-8,13-17,29-30H2,(H2,31,35)(H,32,36)(H,33,37)(H,34,38)(H,39,40). The van der Waals surface area contributed by atoms with Crippen LogP contribution in [-0.4, -0.2) is 65.4 Å². The molecule has 4 unspecified atom stereocenters. The van der Waals surface area contributed by atoms with Gasteiger partial charge in [0.1, 0.15) is 18.1 Å². The van der Waals surface area contributed by atoms with Crippen LogP contribution in [0, 0.1) is 0 Å². The molecule has 0 aromatic heterocycles. The molecule has 0 radical (unpaired) electrons. The number of unbranched alkanes of at least 4 members (excludes halogenated alkanes) is 1. The molecule has 0 saturated carbocycles. The third kappa shape index (κ3) is 11.2. The van der Waals surface area contributed by atoms with Gasteiger partial charge in [-0.3, -0.25) is 19.2 Å². The van der Waals surface area contributed by atoms with E-state index in [0.717, 1.165) is 5.56 Å². The Balaban J connectivity index is 2.13. The highest BCUT2D eigenvalue weighted by Crippen LogP contribution is 2.08. The molecule has 0 heterocycles. The number of nitrogens with one attached hydrogen (secondary N) is 3. The minimum Gasteiger partial charge on any atom is -0.480 e. The van der Waals surface area contributed by atoms with Gasteiger partial charge in [0.05, 0.1) is 12.5 Å². The fourth-order valence-electron chi connectivity index (χ4n) is 4.01. The summed E-state index contributed by atoms with van der Waals surface area (Å²) in [5, 5.41) is 17.1. The van der Waals surface area contributed by atoms with E-state index in [-0.39, 0.29) is 19.3 Å². The second-order valence-electron chi connectivity index (χ2n) is 9.46. The number of carboxylic acids is 1. The first-order valence-corrected chi connectivity index (χ1v) is 13.1. The van der Waals surface area contributed by atoms with Gasteiger partial charge in [0.15, 0.2) is 0 Å². The van der Waals surface area contributed by atoms with E-state index in [1.165, 1.54) is 0 Å². The molecular weight excluding hydrogens is 516 g/mol. The first kappa shape index (κ1) is 31.9. The Kier molecular flexibility index (Phi) is 13.3. The molecule has 0 aliphatic carbocycles. The maximum Gasteiger partial charge on any atom is 0.326 e. The van der Waals surface area contributed by atoms with Crippen molar-refractivity contribution < 1.29 is 29.1 Å². The SMILES string of the molecule is NCCCCC(NC(=O)C(N)Cc1ccccc1)C(=O)NC(CC(N)=O)C(=O)NC(Cc1ccccc1)C(=O)O. The third-order valence-corrected chi connectivity index (χ3v) is 6.15. The molecule has 0 aliphatic rings. The lowest BCUT2D eigenvalue weighted by Gasteiger charge is -2.25. The number of hydrogen-bond donors (Lipinski definition) is 7. The van der Waals surface area contributed by atoms with Gasteiger partial charge in [-0.15, -0.1) is 0 Å². The molecule has 0 fully saturated rings. The number of aliphatic carboxylic acids is 1. The third-order valence-electron chi connectivity index (χ3n) is 6.15. The van der Waals surface area contributed by atoms with Crippen molar-refractivity contribution in [1.29, 1.82) is 0 Å². The molecule has 12 nitrogen and oxygen atoms in total. The average molecular weight is 555 g/mol. The summed E-state index contributed by atoms with van der Waals surface area (Å²) < 4.78 is 0. The summed E-state index contributed by atoms with van der Waals surface area (Å²) in [7, 11) is 0. The number of carbonyl (C=O) groups is 5. The Labute approximate surface area is 233 Å². The van der Waals surface area contributed by atoms with Crippen molar-refractivity contribution in [2.45, 2.75) is 62.7 Å². The highest BCUT2D eigenvalue weighted by molar-refractivity contribution is 5.96. The van der Waals surface area contributed by atoms with Gasteiger partial charge < -0.3 is 38.3 Å². The maximum atomic E-state index is 13.2. The van der Waals surface area contributed by atoms with Crippen LogP contribution in [0.4, 0.5) is 0 Å². The Morgan fingerprint density at radius 2 is 1.20 bits per heavy atom. The molecule has 10 N–H and O–H groups in total. The van der Waals surface area contributed by atoms with Crippen molar-refractivity contribution in [3.63, 3.8) is 0 Å². The first-order valence-electron chi connectivity index (χ1n) is 13.1. The van der Waals surface area contributed by atoms with Crippen LogP contribution in [0.3, 0.4) is 0 Å². The van der Waals surface area contributed by atoms with Gasteiger partial charge >= 0.3 is 5.97 Å². The van der Waals surface area contributed by atoms with E-state index in [0.29, 0.717) is 24.9 Å². The van der Waals surface area contributed by atoms with Gasteiger partial charge in [0, 0.05) is 6.42 Å². The summed E-state index contributed by atoms with van der Waals surface area (Å²) >= 11 is 0. The second kappa shape index (κ2) is 16.6. The minimum absolute atomic E-state index is 0.0176. The van der Waals surface area contributed by atoms with Crippen LogP contribution in [-0.2, 0) is 36.8 Å². The summed E-state index contributed by atoms with van der Waals surface area (Å²) in [5.74, 6) is -4.39. The zero-order valence-corrected chi connectivity index (χ0v) is 22.3. The van der Waals surface area contributed by atoms with Crippen LogP contribution >= 0.6 is 0 Å². The summed E-state index contributed by atoms with van der Waals surface area (Å²) in [6.07, 6.45) is 0.925. The molecule has 0 aliphatic heterocycles. The molecule has 12 heteroatoms. The smallest absolute Gasteiger partial charge is 0.326 e. The van der Waals surface area contributed by atoms with E-state index in [2.05, 4.69) is 16.0 Å². The van der Waals surface area contributed by atoms with E-state index in [9.17, 15) is 29.1 Å². The fraction of sp³-hybridized carbons (Fsp3) is 0.393. The number of benzene rings is 2. The molecule has 2 aromatic rings. The largest absolute Gasteiger partial charge is 0.480 e. The van der Waals surface area contributed by atoms with E-state index >= 15 is 0 Å². The van der Waals surface area contributed by atoms with Gasteiger partial charge in [0.25, 0.3) is 0 Å². The quantitative estimate of drug-likeness (QED) is 0.124. The van der Waals surface area contributed by atoms with Crippen molar-refractivity contribution in [3.8, 4) is 0 Å². The summed E-state index contributed by atoms with van der Waals surface area (Å²) in [4.78, 5) is 62.6. The van der Waals surface area contributed by atoms with Crippen LogP contribution in [0.25, 0.3) is 0 Å². The first-order chi connectivity index (χ1) is 19.1. The number of carboxylic acid groups (broad SMARTS) is 1. The molecule has 216 valence electrons. The van der Waals surface area contributed by atoms with Crippen LogP contribution in [0.15, 0.2) is 60.7 Å². The van der Waals surface area contributed by atoms with Crippen molar-refractivity contribution in [2.24, 2.45) is 17.2 Å². The van der Waals surface area contributed by atoms with Crippen LogP contribution < -0.4 is 33.2 Å². The van der Waals surface area contributed by atoms with Crippen LogP contribution in [0.2, 0.25) is 0 Å². The van der Waals surface area contributed by atoms with Gasteiger partial charge in [-0.05, 0) is 43.4 Å². The molecular formula is C28H38N6O6. The molecule has 2 aromatic carbocycles. The van der Waals surface area contributed by atoms with Crippen LogP contribution in [0.5, 0.6) is 0 Å². The second-order valence-corrected chi connectivity index (χ2v) is 9.46. The summed E-state index contributed by atoms with van der Waals surface area (Å²) in [5.41, 5.74) is 18.4. The number of hydrogen-bond acceptors (Lipinski definition) is 7. The zero-order chi connectivity index (χ0) is 29.5. The maximum absolute atomic E-state index is 13.2. The number of nitrogens with two attached hydrogens (primary N) is 3. The lowest BCUT2D eigenvalue weighted by molar-refractivity contribution is -0.142. The Morgan fingerprint density at radius 3 is 1.73 bits per heavy atom. The average Bonchev–Trinajstić information content (AvgIpc) is 2.92. The van der Waals surface area contributed by atoms with Crippen LogP contribution in [0.1, 0.15) is 36.8 Å². The topological polar surface area (TPSA) is 220 Å². The van der Waals surface area contributed by atoms with Crippen molar-refractivity contribution in [3.05, 3.63) is 71.8 Å². The minimum atomic E-state index is -1.46. The highest BCUT2D eigenvalue weighted by Gasteiger charge is 2.31. The van der Waals surface area contributed by atoms with E-state index < -0.39 is 60.2 Å². The Hall–Kier alpha value is -4.29. The van der Waals surface area contributed by atoms with Gasteiger partial charge in [0.2, 0.25) is 23.6 Å².